The van der Waals surface area contributed by atoms with Crippen molar-refractivity contribution in [2.75, 3.05) is 38.2 Å². The highest BCUT2D eigenvalue weighted by Gasteiger charge is 2.32. The third kappa shape index (κ3) is 4.35. The number of aromatic nitrogens is 4. The highest BCUT2D eigenvalue weighted by atomic mass is 16.5. The van der Waals surface area contributed by atoms with Gasteiger partial charge in [-0.3, -0.25) is 4.90 Å². The fourth-order valence-electron chi connectivity index (χ4n) is 5.16. The molecule has 2 aromatic carbocycles. The van der Waals surface area contributed by atoms with Gasteiger partial charge in [0.05, 0.1) is 19.2 Å². The van der Waals surface area contributed by atoms with Crippen molar-refractivity contribution in [3.05, 3.63) is 66.0 Å². The minimum Gasteiger partial charge on any atom is -0.497 e. The second-order valence-electron chi connectivity index (χ2n) is 8.81. The predicted molar refractivity (Wildman–Crippen MR) is 125 cm³/mol. The Morgan fingerprint density at radius 1 is 0.875 bits per heavy atom. The smallest absolute Gasteiger partial charge is 0.173 e. The van der Waals surface area contributed by atoms with E-state index in [0.717, 1.165) is 37.8 Å². The number of ether oxygens (including phenoxy) is 1. The van der Waals surface area contributed by atoms with Crippen LogP contribution < -0.4 is 9.64 Å². The molecule has 2 heterocycles. The van der Waals surface area contributed by atoms with E-state index in [1.165, 1.54) is 43.4 Å². The lowest BCUT2D eigenvalue weighted by Crippen LogP contribution is -2.48. The molecule has 0 amide bonds. The van der Waals surface area contributed by atoms with Gasteiger partial charge in [0.2, 0.25) is 0 Å². The number of hydrogen-bond donors (Lipinski definition) is 0. The quantitative estimate of drug-likeness (QED) is 0.585. The SMILES string of the molecule is COc1ccc(N2CCN([C@H](c3ccccc3)c3nnnn3C3CCCCC3)CC2)cc1. The standard InChI is InChI=1S/C25H32N6O/c1-32-23-14-12-21(13-15-23)29-16-18-30(19-17-29)24(20-8-4-2-5-9-20)25-26-27-28-31(25)22-10-6-3-7-11-22/h2,4-5,8-9,12-15,22,24H,3,6-7,10-11,16-19H2,1H3/t24-/m1/s1. The van der Waals surface area contributed by atoms with Crippen LogP contribution >= 0.6 is 0 Å². The monoisotopic (exact) mass is 432 g/mol. The van der Waals surface area contributed by atoms with E-state index < -0.39 is 0 Å². The minimum absolute atomic E-state index is 0.0751. The molecule has 7 nitrogen and oxygen atoms in total. The molecule has 1 aliphatic heterocycles. The first-order chi connectivity index (χ1) is 15.8. The lowest BCUT2D eigenvalue weighted by molar-refractivity contribution is 0.193. The molecule has 3 aromatic rings. The van der Waals surface area contributed by atoms with E-state index in [2.05, 4.69) is 72.5 Å². The molecule has 5 rings (SSSR count). The number of tetrazole rings is 1. The second kappa shape index (κ2) is 9.69. The Hall–Kier alpha value is -2.93. The van der Waals surface area contributed by atoms with Gasteiger partial charge in [0.25, 0.3) is 0 Å². The maximum atomic E-state index is 5.31. The molecule has 168 valence electrons. The Balaban J connectivity index is 1.38. The summed E-state index contributed by atoms with van der Waals surface area (Å²) < 4.78 is 7.44. The highest BCUT2D eigenvalue weighted by Crippen LogP contribution is 2.34. The van der Waals surface area contributed by atoms with Gasteiger partial charge in [-0.2, -0.15) is 0 Å². The topological polar surface area (TPSA) is 59.3 Å². The molecular weight excluding hydrogens is 400 g/mol. The first-order valence-electron chi connectivity index (χ1n) is 11.8. The van der Waals surface area contributed by atoms with E-state index in [1.807, 2.05) is 12.1 Å². The third-order valence-corrected chi connectivity index (χ3v) is 6.92. The number of anilines is 1. The van der Waals surface area contributed by atoms with Gasteiger partial charge in [0.15, 0.2) is 5.82 Å². The summed E-state index contributed by atoms with van der Waals surface area (Å²) in [5.74, 6) is 1.88. The Kier molecular flexibility index (Phi) is 6.34. The largest absolute Gasteiger partial charge is 0.497 e. The summed E-state index contributed by atoms with van der Waals surface area (Å²) >= 11 is 0. The van der Waals surface area contributed by atoms with E-state index in [9.17, 15) is 0 Å². The Morgan fingerprint density at radius 3 is 2.28 bits per heavy atom. The lowest BCUT2D eigenvalue weighted by atomic mass is 9.95. The van der Waals surface area contributed by atoms with Crippen LogP contribution in [0.3, 0.4) is 0 Å². The van der Waals surface area contributed by atoms with Gasteiger partial charge in [0, 0.05) is 31.9 Å². The minimum atomic E-state index is 0.0751. The molecule has 1 atom stereocenters. The zero-order valence-corrected chi connectivity index (χ0v) is 18.8. The van der Waals surface area contributed by atoms with Crippen molar-refractivity contribution >= 4 is 5.69 Å². The first-order valence-corrected chi connectivity index (χ1v) is 11.8. The summed E-state index contributed by atoms with van der Waals surface area (Å²) in [6, 6.07) is 19.6. The average Bonchev–Trinajstić information content (AvgIpc) is 3.35. The van der Waals surface area contributed by atoms with Gasteiger partial charge in [-0.15, -0.1) is 5.10 Å². The lowest BCUT2D eigenvalue weighted by Gasteiger charge is -2.40. The van der Waals surface area contributed by atoms with Crippen LogP contribution in [0, 0.1) is 0 Å². The molecule has 7 heteroatoms. The first kappa shape index (κ1) is 20.9. The number of methoxy groups -OCH3 is 1. The van der Waals surface area contributed by atoms with E-state index in [-0.39, 0.29) is 6.04 Å². The molecule has 1 saturated carbocycles. The number of nitrogens with zero attached hydrogens (tertiary/aromatic N) is 6. The normalized spacial score (nSPS) is 19.1. The van der Waals surface area contributed by atoms with Crippen molar-refractivity contribution in [1.29, 1.82) is 0 Å². The molecule has 32 heavy (non-hydrogen) atoms. The van der Waals surface area contributed by atoms with E-state index >= 15 is 0 Å². The van der Waals surface area contributed by atoms with Crippen molar-refractivity contribution < 1.29 is 4.74 Å². The van der Waals surface area contributed by atoms with Crippen molar-refractivity contribution in [2.45, 2.75) is 44.2 Å². The molecule has 1 aliphatic carbocycles. The Morgan fingerprint density at radius 2 is 1.59 bits per heavy atom. The van der Waals surface area contributed by atoms with Crippen LogP contribution in [-0.4, -0.2) is 58.4 Å². The van der Waals surface area contributed by atoms with Gasteiger partial charge in [-0.05, 0) is 53.1 Å². The van der Waals surface area contributed by atoms with E-state index in [0.29, 0.717) is 6.04 Å². The molecule has 1 saturated heterocycles. The number of benzene rings is 2. The molecule has 2 fully saturated rings. The maximum absolute atomic E-state index is 5.31. The van der Waals surface area contributed by atoms with Crippen molar-refractivity contribution in [2.24, 2.45) is 0 Å². The molecule has 2 aliphatic rings. The highest BCUT2D eigenvalue weighted by molar-refractivity contribution is 5.49. The van der Waals surface area contributed by atoms with Gasteiger partial charge in [-0.25, -0.2) is 4.68 Å². The summed E-state index contributed by atoms with van der Waals surface area (Å²) in [5.41, 5.74) is 2.51. The molecule has 0 bridgehead atoms. The molecule has 0 radical (unpaired) electrons. The van der Waals surface area contributed by atoms with Gasteiger partial charge in [-0.1, -0.05) is 49.6 Å². The molecule has 0 unspecified atom stereocenters. The van der Waals surface area contributed by atoms with Crippen molar-refractivity contribution in [3.63, 3.8) is 0 Å². The van der Waals surface area contributed by atoms with Gasteiger partial charge >= 0.3 is 0 Å². The number of hydrogen-bond acceptors (Lipinski definition) is 6. The molecule has 0 N–H and O–H groups in total. The van der Waals surface area contributed by atoms with Crippen LogP contribution in [-0.2, 0) is 0 Å². The summed E-state index contributed by atoms with van der Waals surface area (Å²) in [5, 5.41) is 13.2. The van der Waals surface area contributed by atoms with Crippen molar-refractivity contribution in [3.8, 4) is 5.75 Å². The zero-order chi connectivity index (χ0) is 21.8. The summed E-state index contributed by atoms with van der Waals surface area (Å²) in [7, 11) is 1.71. The van der Waals surface area contributed by atoms with Crippen LogP contribution in [0.1, 0.15) is 55.6 Å². The van der Waals surface area contributed by atoms with Crippen molar-refractivity contribution in [1.82, 2.24) is 25.1 Å². The van der Waals surface area contributed by atoms with E-state index in [4.69, 9.17) is 4.74 Å². The van der Waals surface area contributed by atoms with Crippen LogP contribution in [0.4, 0.5) is 5.69 Å². The van der Waals surface area contributed by atoms with Crippen LogP contribution in [0.15, 0.2) is 54.6 Å². The Labute approximate surface area is 190 Å². The fourth-order valence-corrected chi connectivity index (χ4v) is 5.16. The second-order valence-corrected chi connectivity index (χ2v) is 8.81. The predicted octanol–water partition coefficient (Wildman–Crippen LogP) is 4.10. The summed E-state index contributed by atoms with van der Waals surface area (Å²) in [6.45, 7) is 3.87. The number of rotatable bonds is 6. The van der Waals surface area contributed by atoms with Crippen LogP contribution in [0.5, 0.6) is 5.75 Å². The third-order valence-electron chi connectivity index (χ3n) is 6.92. The van der Waals surface area contributed by atoms with Crippen LogP contribution in [0.25, 0.3) is 0 Å². The summed E-state index contributed by atoms with van der Waals surface area (Å²) in [6.07, 6.45) is 6.19. The van der Waals surface area contributed by atoms with Gasteiger partial charge in [0.1, 0.15) is 5.75 Å². The van der Waals surface area contributed by atoms with Gasteiger partial charge < -0.3 is 9.64 Å². The summed E-state index contributed by atoms with van der Waals surface area (Å²) in [4.78, 5) is 4.99. The molecule has 1 aromatic heterocycles. The fraction of sp³-hybridized carbons (Fsp3) is 0.480. The Bertz CT molecular complexity index is 975. The maximum Gasteiger partial charge on any atom is 0.173 e. The zero-order valence-electron chi connectivity index (χ0n) is 18.8. The van der Waals surface area contributed by atoms with Crippen LogP contribution in [0.2, 0.25) is 0 Å². The average molecular weight is 433 g/mol. The number of piperazine rings is 1. The molecule has 0 spiro atoms. The molecular formula is C25H32N6O. The van der Waals surface area contributed by atoms with E-state index in [1.54, 1.807) is 7.11 Å².